The molecule has 0 spiro atoms. The van der Waals surface area contributed by atoms with E-state index in [1.807, 2.05) is 38.1 Å². The molecule has 172 valence electrons. The van der Waals surface area contributed by atoms with Crippen molar-refractivity contribution in [3.05, 3.63) is 58.9 Å². The summed E-state index contributed by atoms with van der Waals surface area (Å²) in [6.07, 6.45) is 1.32. The summed E-state index contributed by atoms with van der Waals surface area (Å²) in [5, 5.41) is 9.68. The van der Waals surface area contributed by atoms with Gasteiger partial charge >= 0.3 is 0 Å². The first-order valence-electron chi connectivity index (χ1n) is 10.6. The Kier molecular flexibility index (Phi) is 6.76. The third kappa shape index (κ3) is 5.07. The monoisotopic (exact) mass is 484 g/mol. The number of ether oxygens (including phenoxy) is 1. The minimum absolute atomic E-state index is 0.0263. The Labute approximate surface area is 197 Å². The van der Waals surface area contributed by atoms with Gasteiger partial charge < -0.3 is 9.84 Å². The number of hydrogen-bond donors (Lipinski definition) is 2. The first-order chi connectivity index (χ1) is 15.8. The van der Waals surface area contributed by atoms with Gasteiger partial charge in [-0.15, -0.1) is 0 Å². The number of fused-ring (bicyclic) bond motifs is 1. The molecular formula is C23H24N4O4S2. The van der Waals surface area contributed by atoms with E-state index in [0.29, 0.717) is 35.1 Å². The minimum Gasteiger partial charge on any atom is -0.502 e. The number of aliphatic hydroxyl groups is 1. The van der Waals surface area contributed by atoms with Crippen LogP contribution in [0.25, 0.3) is 26.8 Å². The molecule has 1 aromatic heterocycles. The van der Waals surface area contributed by atoms with Crippen LogP contribution in [-0.4, -0.2) is 41.3 Å². The molecule has 0 bridgehead atoms. The molecule has 0 unspecified atom stereocenters. The predicted molar refractivity (Wildman–Crippen MR) is 128 cm³/mol. The summed E-state index contributed by atoms with van der Waals surface area (Å²) in [6.45, 7) is 10.9. The first kappa shape index (κ1) is 23.3. The largest absolute Gasteiger partial charge is 0.502 e. The maximum Gasteiger partial charge on any atom is 0.228 e. The third-order valence-electron chi connectivity index (χ3n) is 5.31. The van der Waals surface area contributed by atoms with Crippen LogP contribution in [0.5, 0.6) is 5.75 Å². The average Bonchev–Trinajstić information content (AvgIpc) is 3.41. The van der Waals surface area contributed by atoms with Gasteiger partial charge in [0.05, 0.1) is 25.0 Å². The van der Waals surface area contributed by atoms with Gasteiger partial charge in [0.15, 0.2) is 5.82 Å². The molecule has 0 radical (unpaired) electrons. The van der Waals surface area contributed by atoms with Crippen LogP contribution in [0.2, 0.25) is 0 Å². The van der Waals surface area contributed by atoms with E-state index in [-0.39, 0.29) is 17.9 Å². The molecule has 8 nitrogen and oxygen atoms in total. The summed E-state index contributed by atoms with van der Waals surface area (Å²) in [4.78, 5) is 8.30. The summed E-state index contributed by atoms with van der Waals surface area (Å²) in [6, 6.07) is 10.8. The molecule has 0 saturated carbocycles. The molecule has 0 aliphatic heterocycles. The van der Waals surface area contributed by atoms with Crippen LogP contribution in [0.1, 0.15) is 37.4 Å². The van der Waals surface area contributed by atoms with Crippen LogP contribution in [0, 0.1) is 6.57 Å². The summed E-state index contributed by atoms with van der Waals surface area (Å²) >= 11 is 1.26. The molecule has 4 rings (SSSR count). The van der Waals surface area contributed by atoms with Gasteiger partial charge in [-0.3, -0.25) is 0 Å². The van der Waals surface area contributed by atoms with E-state index in [9.17, 15) is 8.42 Å². The van der Waals surface area contributed by atoms with Gasteiger partial charge in [-0.1, -0.05) is 24.3 Å². The Morgan fingerprint density at radius 1 is 1.33 bits per heavy atom. The molecule has 3 aromatic rings. The van der Waals surface area contributed by atoms with Gasteiger partial charge in [-0.25, -0.2) is 23.0 Å². The van der Waals surface area contributed by atoms with Crippen molar-refractivity contribution < 1.29 is 18.3 Å². The number of sulfonamides is 1. The van der Waals surface area contributed by atoms with Gasteiger partial charge in [0, 0.05) is 17.2 Å². The number of nitrogens with zero attached hydrogens (tertiary/aromatic N) is 3. The molecule has 0 fully saturated rings. The minimum atomic E-state index is -3.55. The average molecular weight is 485 g/mol. The quantitative estimate of drug-likeness (QED) is 0.466. The maximum absolute atomic E-state index is 12.1. The Morgan fingerprint density at radius 3 is 2.88 bits per heavy atom. The molecule has 1 aliphatic rings. The Morgan fingerprint density at radius 2 is 2.15 bits per heavy atom. The Balaban J connectivity index is 1.63. The summed E-state index contributed by atoms with van der Waals surface area (Å²) in [7, 11) is -3.55. The SMILES string of the molecule is [C-]#[N+]c1cc(-c2nc(-c3cccc4c3CC[C@@H]4NS(=O)(=O)CCO)ns2)ccc1OC(C)C. The van der Waals surface area contributed by atoms with E-state index in [0.717, 1.165) is 22.3 Å². The second-order valence-corrected chi connectivity index (χ2v) is 10.6. The Bertz CT molecular complexity index is 1310. The summed E-state index contributed by atoms with van der Waals surface area (Å²) < 4.78 is 37.2. The molecule has 2 aromatic carbocycles. The lowest BCUT2D eigenvalue weighted by Crippen LogP contribution is -2.30. The van der Waals surface area contributed by atoms with Gasteiger partial charge in [0.25, 0.3) is 0 Å². The number of nitrogens with one attached hydrogen (secondary N) is 1. The molecule has 10 heteroatoms. The van der Waals surface area contributed by atoms with Crippen LogP contribution in [0.4, 0.5) is 5.69 Å². The number of rotatable bonds is 8. The lowest BCUT2D eigenvalue weighted by atomic mass is 10.0. The number of aromatic nitrogens is 2. The second-order valence-electron chi connectivity index (χ2n) is 8.01. The van der Waals surface area contributed by atoms with E-state index in [1.54, 1.807) is 12.1 Å². The Hall–Kier alpha value is -2.84. The highest BCUT2D eigenvalue weighted by atomic mass is 32.2. The number of hydrogen-bond acceptors (Lipinski definition) is 7. The van der Waals surface area contributed by atoms with Crippen LogP contribution in [0.3, 0.4) is 0 Å². The third-order valence-corrected chi connectivity index (χ3v) is 7.44. The topological polar surface area (TPSA) is 106 Å². The summed E-state index contributed by atoms with van der Waals surface area (Å²) in [5.74, 6) is 0.810. The highest BCUT2D eigenvalue weighted by molar-refractivity contribution is 7.89. The van der Waals surface area contributed by atoms with Crippen LogP contribution in [0.15, 0.2) is 36.4 Å². The van der Waals surface area contributed by atoms with E-state index in [1.165, 1.54) is 11.5 Å². The van der Waals surface area contributed by atoms with Gasteiger partial charge in [-0.05, 0) is 61.5 Å². The fraction of sp³-hybridized carbons (Fsp3) is 0.348. The lowest BCUT2D eigenvalue weighted by molar-refractivity contribution is 0.244. The first-order valence-corrected chi connectivity index (χ1v) is 13.0. The predicted octanol–water partition coefficient (Wildman–Crippen LogP) is 4.11. The molecule has 1 heterocycles. The van der Waals surface area contributed by atoms with Crippen LogP contribution in [-0.2, 0) is 16.4 Å². The standard InChI is InChI=1S/C23H24N4O4S2/c1-14(2)31-21-10-7-15(13-20(21)24-3)23-25-22(26-32-23)18-6-4-5-17-16(18)8-9-19(17)27-33(29,30)12-11-28/h4-7,10,13-14,19,27-28H,8-9,11-12H2,1-2H3/t19-/m0/s1. The molecule has 0 saturated heterocycles. The van der Waals surface area contributed by atoms with Crippen molar-refractivity contribution in [1.29, 1.82) is 0 Å². The van der Waals surface area contributed by atoms with Crippen molar-refractivity contribution in [2.45, 2.75) is 38.8 Å². The molecule has 0 amide bonds. The smallest absolute Gasteiger partial charge is 0.228 e. The zero-order chi connectivity index (χ0) is 23.6. The molecular weight excluding hydrogens is 460 g/mol. The molecule has 33 heavy (non-hydrogen) atoms. The zero-order valence-corrected chi connectivity index (χ0v) is 19.9. The highest BCUT2D eigenvalue weighted by Gasteiger charge is 2.29. The zero-order valence-electron chi connectivity index (χ0n) is 18.3. The number of aliphatic hydroxyl groups excluding tert-OH is 1. The molecule has 2 N–H and O–H groups in total. The molecule has 1 aliphatic carbocycles. The molecule has 1 atom stereocenters. The van der Waals surface area contributed by atoms with E-state index < -0.39 is 16.6 Å². The fourth-order valence-corrected chi connectivity index (χ4v) is 5.63. The van der Waals surface area contributed by atoms with Crippen molar-refractivity contribution in [2.75, 3.05) is 12.4 Å². The number of benzene rings is 2. The van der Waals surface area contributed by atoms with Crippen LogP contribution < -0.4 is 9.46 Å². The van der Waals surface area contributed by atoms with Crippen LogP contribution >= 0.6 is 11.5 Å². The fourth-order valence-electron chi connectivity index (χ4n) is 3.92. The van der Waals surface area contributed by atoms with Crippen molar-refractivity contribution in [3.63, 3.8) is 0 Å². The lowest BCUT2D eigenvalue weighted by Gasteiger charge is -2.14. The van der Waals surface area contributed by atoms with Crippen molar-refractivity contribution in [1.82, 2.24) is 14.1 Å². The highest BCUT2D eigenvalue weighted by Crippen LogP contribution is 2.39. The van der Waals surface area contributed by atoms with Gasteiger partial charge in [0.2, 0.25) is 15.7 Å². The van der Waals surface area contributed by atoms with E-state index in [2.05, 4.69) is 13.9 Å². The maximum atomic E-state index is 12.1. The summed E-state index contributed by atoms with van der Waals surface area (Å²) in [5.41, 5.74) is 4.04. The van der Waals surface area contributed by atoms with Gasteiger partial charge in [-0.2, -0.15) is 4.37 Å². The van der Waals surface area contributed by atoms with Crippen molar-refractivity contribution in [2.24, 2.45) is 0 Å². The van der Waals surface area contributed by atoms with E-state index >= 15 is 0 Å². The van der Waals surface area contributed by atoms with Crippen molar-refractivity contribution in [3.8, 4) is 27.7 Å². The van der Waals surface area contributed by atoms with E-state index in [4.69, 9.17) is 21.4 Å². The van der Waals surface area contributed by atoms with Crippen molar-refractivity contribution >= 4 is 27.2 Å². The normalized spacial score (nSPS) is 15.4. The van der Waals surface area contributed by atoms with Gasteiger partial charge in [0.1, 0.15) is 10.8 Å². The second kappa shape index (κ2) is 9.57.